The molecule has 0 spiro atoms. The zero-order chi connectivity index (χ0) is 17.1. The number of ketones is 1. The third kappa shape index (κ3) is 3.28. The summed E-state index contributed by atoms with van der Waals surface area (Å²) in [6.07, 6.45) is 0. The van der Waals surface area contributed by atoms with E-state index in [1.165, 1.54) is 11.3 Å². The van der Waals surface area contributed by atoms with E-state index in [2.05, 4.69) is 5.16 Å². The van der Waals surface area contributed by atoms with Crippen LogP contribution in [0.5, 0.6) is 0 Å². The van der Waals surface area contributed by atoms with Crippen LogP contribution in [0.2, 0.25) is 0 Å². The molecule has 0 radical (unpaired) electrons. The lowest BCUT2D eigenvalue weighted by atomic mass is 10.1. The Morgan fingerprint density at radius 2 is 1.88 bits per heavy atom. The van der Waals surface area contributed by atoms with Crippen LogP contribution in [0.4, 0.5) is 0 Å². The molecule has 2 aromatic heterocycles. The van der Waals surface area contributed by atoms with Gasteiger partial charge in [0.25, 0.3) is 0 Å². The van der Waals surface area contributed by atoms with Crippen molar-refractivity contribution in [2.45, 2.75) is 13.8 Å². The molecular formula is C18H15NO4S. The number of rotatable bonds is 5. The number of hydrogen-bond acceptors (Lipinski definition) is 6. The van der Waals surface area contributed by atoms with Crippen molar-refractivity contribution in [1.82, 2.24) is 5.16 Å². The Morgan fingerprint density at radius 3 is 2.54 bits per heavy atom. The van der Waals surface area contributed by atoms with Crippen LogP contribution >= 0.6 is 11.3 Å². The summed E-state index contributed by atoms with van der Waals surface area (Å²) in [7, 11) is 0. The van der Waals surface area contributed by atoms with Gasteiger partial charge in [-0.05, 0) is 26.0 Å². The SMILES string of the molecule is Cc1ccc(C(=O)COC(=O)c2c(-c3ccccc3)noc2C)s1. The summed E-state index contributed by atoms with van der Waals surface area (Å²) in [5.41, 5.74) is 1.41. The number of Topliss-reactive ketones (excluding diaryl/α,β-unsaturated/α-hetero) is 1. The van der Waals surface area contributed by atoms with Gasteiger partial charge in [-0.2, -0.15) is 0 Å². The number of aromatic nitrogens is 1. The maximum Gasteiger partial charge on any atom is 0.344 e. The zero-order valence-corrected chi connectivity index (χ0v) is 14.1. The van der Waals surface area contributed by atoms with Crippen LogP contribution in [-0.2, 0) is 4.74 Å². The summed E-state index contributed by atoms with van der Waals surface area (Å²) in [6, 6.07) is 12.8. The zero-order valence-electron chi connectivity index (χ0n) is 13.2. The number of ether oxygens (including phenoxy) is 1. The van der Waals surface area contributed by atoms with Gasteiger partial charge in [0, 0.05) is 10.4 Å². The van der Waals surface area contributed by atoms with E-state index in [0.717, 1.165) is 10.4 Å². The molecule has 0 saturated heterocycles. The van der Waals surface area contributed by atoms with E-state index in [1.807, 2.05) is 43.3 Å². The first-order chi connectivity index (χ1) is 11.6. The van der Waals surface area contributed by atoms with Crippen molar-refractivity contribution < 1.29 is 18.8 Å². The van der Waals surface area contributed by atoms with Crippen LogP contribution in [0.15, 0.2) is 47.0 Å². The first-order valence-corrected chi connectivity index (χ1v) is 8.16. The maximum absolute atomic E-state index is 12.4. The Balaban J connectivity index is 1.76. The number of esters is 1. The average Bonchev–Trinajstić information content (AvgIpc) is 3.19. The predicted octanol–water partition coefficient (Wildman–Crippen LogP) is 4.06. The highest BCUT2D eigenvalue weighted by atomic mass is 32.1. The standard InChI is InChI=1S/C18H15NO4S/c1-11-8-9-15(24-11)14(20)10-22-18(21)16-12(2)23-19-17(16)13-6-4-3-5-7-13/h3-9H,10H2,1-2H3. The van der Waals surface area contributed by atoms with E-state index in [1.54, 1.807) is 13.0 Å². The topological polar surface area (TPSA) is 69.4 Å². The molecule has 0 unspecified atom stereocenters. The van der Waals surface area contributed by atoms with Gasteiger partial charge in [-0.25, -0.2) is 4.79 Å². The van der Waals surface area contributed by atoms with Crippen molar-refractivity contribution in [3.05, 3.63) is 63.5 Å². The van der Waals surface area contributed by atoms with Crippen LogP contribution in [0.3, 0.4) is 0 Å². The highest BCUT2D eigenvalue weighted by Crippen LogP contribution is 2.26. The molecule has 3 aromatic rings. The Bertz CT molecular complexity index is 880. The molecule has 0 aliphatic rings. The van der Waals surface area contributed by atoms with Crippen LogP contribution in [0, 0.1) is 13.8 Å². The third-order valence-electron chi connectivity index (χ3n) is 3.46. The minimum Gasteiger partial charge on any atom is -0.454 e. The van der Waals surface area contributed by atoms with E-state index in [0.29, 0.717) is 16.3 Å². The second kappa shape index (κ2) is 6.80. The third-order valence-corrected chi connectivity index (χ3v) is 4.51. The molecule has 2 heterocycles. The summed E-state index contributed by atoms with van der Waals surface area (Å²) < 4.78 is 10.3. The quantitative estimate of drug-likeness (QED) is 0.517. The largest absolute Gasteiger partial charge is 0.454 e. The van der Waals surface area contributed by atoms with Gasteiger partial charge in [-0.15, -0.1) is 11.3 Å². The lowest BCUT2D eigenvalue weighted by Gasteiger charge is -2.04. The van der Waals surface area contributed by atoms with Crippen LogP contribution in [-0.4, -0.2) is 23.5 Å². The van der Waals surface area contributed by atoms with E-state index >= 15 is 0 Å². The summed E-state index contributed by atoms with van der Waals surface area (Å²) in [5.74, 6) is -0.482. The molecule has 0 amide bonds. The Hall–Kier alpha value is -2.73. The summed E-state index contributed by atoms with van der Waals surface area (Å²) in [6.45, 7) is 3.25. The van der Waals surface area contributed by atoms with Gasteiger partial charge in [0.15, 0.2) is 6.61 Å². The van der Waals surface area contributed by atoms with Gasteiger partial charge in [-0.1, -0.05) is 35.5 Å². The molecule has 122 valence electrons. The lowest BCUT2D eigenvalue weighted by molar-refractivity contribution is 0.0474. The maximum atomic E-state index is 12.4. The Labute approximate surface area is 142 Å². The number of hydrogen-bond donors (Lipinski definition) is 0. The normalized spacial score (nSPS) is 10.6. The molecular weight excluding hydrogens is 326 g/mol. The monoisotopic (exact) mass is 341 g/mol. The van der Waals surface area contributed by atoms with Gasteiger partial charge in [0.05, 0.1) is 4.88 Å². The highest BCUT2D eigenvalue weighted by molar-refractivity contribution is 7.14. The number of nitrogens with zero attached hydrogens (tertiary/aromatic N) is 1. The summed E-state index contributed by atoms with van der Waals surface area (Å²) >= 11 is 1.38. The number of carbonyl (C=O) groups excluding carboxylic acids is 2. The number of thiophene rings is 1. The van der Waals surface area contributed by atoms with Gasteiger partial charge in [0.1, 0.15) is 17.0 Å². The number of benzene rings is 1. The van der Waals surface area contributed by atoms with Crippen molar-refractivity contribution in [2.75, 3.05) is 6.61 Å². The lowest BCUT2D eigenvalue weighted by Crippen LogP contribution is -2.14. The van der Waals surface area contributed by atoms with Crippen molar-refractivity contribution in [1.29, 1.82) is 0 Å². The molecule has 5 nitrogen and oxygen atoms in total. The van der Waals surface area contributed by atoms with Gasteiger partial charge in [0.2, 0.25) is 5.78 Å². The van der Waals surface area contributed by atoms with Crippen LogP contribution < -0.4 is 0 Å². The van der Waals surface area contributed by atoms with Crippen molar-refractivity contribution in [3.8, 4) is 11.3 Å². The van der Waals surface area contributed by atoms with E-state index < -0.39 is 5.97 Å². The van der Waals surface area contributed by atoms with E-state index in [-0.39, 0.29) is 18.0 Å². The van der Waals surface area contributed by atoms with Gasteiger partial charge >= 0.3 is 5.97 Å². The molecule has 24 heavy (non-hydrogen) atoms. The fraction of sp³-hybridized carbons (Fsp3) is 0.167. The van der Waals surface area contributed by atoms with Crippen LogP contribution in [0.1, 0.15) is 30.7 Å². The second-order valence-corrected chi connectivity index (χ2v) is 6.53. The summed E-state index contributed by atoms with van der Waals surface area (Å²) in [5, 5.41) is 3.94. The molecule has 0 fully saturated rings. The first-order valence-electron chi connectivity index (χ1n) is 7.34. The van der Waals surface area contributed by atoms with Crippen LogP contribution in [0.25, 0.3) is 11.3 Å². The second-order valence-electron chi connectivity index (χ2n) is 5.24. The van der Waals surface area contributed by atoms with Crippen molar-refractivity contribution >= 4 is 23.1 Å². The minimum absolute atomic E-state index is 0.225. The summed E-state index contributed by atoms with van der Waals surface area (Å²) in [4.78, 5) is 26.1. The molecule has 1 aromatic carbocycles. The minimum atomic E-state index is -0.616. The predicted molar refractivity (Wildman–Crippen MR) is 90.3 cm³/mol. The fourth-order valence-corrected chi connectivity index (χ4v) is 3.06. The molecule has 0 aliphatic heterocycles. The smallest absolute Gasteiger partial charge is 0.344 e. The molecule has 0 aliphatic carbocycles. The van der Waals surface area contributed by atoms with Crippen molar-refractivity contribution in [3.63, 3.8) is 0 Å². The molecule has 6 heteroatoms. The average molecular weight is 341 g/mol. The molecule has 0 saturated carbocycles. The molecule has 0 atom stereocenters. The highest BCUT2D eigenvalue weighted by Gasteiger charge is 2.23. The Morgan fingerprint density at radius 1 is 1.12 bits per heavy atom. The fourth-order valence-electron chi connectivity index (χ4n) is 2.26. The van der Waals surface area contributed by atoms with E-state index in [4.69, 9.17) is 9.26 Å². The first kappa shape index (κ1) is 16.1. The van der Waals surface area contributed by atoms with Gasteiger partial charge in [-0.3, -0.25) is 4.79 Å². The molecule has 3 rings (SSSR count). The number of carbonyl (C=O) groups is 2. The van der Waals surface area contributed by atoms with E-state index in [9.17, 15) is 9.59 Å². The molecule has 0 bridgehead atoms. The molecule has 0 N–H and O–H groups in total. The Kier molecular flexibility index (Phi) is 4.57. The number of aryl methyl sites for hydroxylation is 2. The van der Waals surface area contributed by atoms with Crippen molar-refractivity contribution in [2.24, 2.45) is 0 Å². The van der Waals surface area contributed by atoms with Gasteiger partial charge < -0.3 is 9.26 Å².